The average Bonchev–Trinajstić information content (AvgIpc) is 2.95. The number of anilines is 1. The molecule has 2 saturated heterocycles. The number of amides is 2. The molecule has 0 saturated carbocycles. The Bertz CT molecular complexity index is 1080. The van der Waals surface area contributed by atoms with Gasteiger partial charge in [-0.3, -0.25) is 19.5 Å². The van der Waals surface area contributed by atoms with Crippen LogP contribution in [0, 0.1) is 11.8 Å². The van der Waals surface area contributed by atoms with Crippen LogP contribution in [0.2, 0.25) is 0 Å². The first kappa shape index (κ1) is 27.5. The van der Waals surface area contributed by atoms with Crippen LogP contribution in [0.1, 0.15) is 36.9 Å². The monoisotopic (exact) mass is 523 g/mol. The van der Waals surface area contributed by atoms with Crippen LogP contribution in [0.5, 0.6) is 0 Å². The van der Waals surface area contributed by atoms with Crippen LogP contribution in [0.4, 0.5) is 5.82 Å². The van der Waals surface area contributed by atoms with E-state index in [1.165, 1.54) is 0 Å². The van der Waals surface area contributed by atoms with E-state index in [2.05, 4.69) is 25.3 Å². The minimum absolute atomic E-state index is 0.0509. The molecular formula is C27H37N7O4. The molecule has 2 aromatic rings. The quantitative estimate of drug-likeness (QED) is 0.309. The highest BCUT2D eigenvalue weighted by Gasteiger charge is 2.33. The molecule has 0 aromatic carbocycles. The van der Waals surface area contributed by atoms with Gasteiger partial charge in [0.2, 0.25) is 5.91 Å². The third-order valence-electron chi connectivity index (χ3n) is 7.10. The van der Waals surface area contributed by atoms with Crippen molar-refractivity contribution in [3.8, 4) is 0 Å². The number of piperidine rings is 2. The standard InChI is InChI=1S/C27H37N7O4/c28-24-17-20(4-10-30-24)18-33-12-5-22(6-13-33)27(37)34-14-7-21(8-15-34)26(23-3-1-2-9-29-23)32-38-19-25(36)31-11-16-35/h1-4,9-10,17,21-22,35H,5-8,11-16,18-19H2,(H2,28,30)(H,31,36)/b32-26-. The van der Waals surface area contributed by atoms with Crippen LogP contribution >= 0.6 is 0 Å². The Hall–Kier alpha value is -3.57. The number of nitrogen functional groups attached to an aromatic ring is 1. The maximum atomic E-state index is 13.3. The SMILES string of the molecule is Nc1cc(CN2CCC(C(=O)N3CCC(/C(=N/OCC(=O)NCCO)c4ccccn4)CC3)CC2)ccn1. The number of likely N-dealkylation sites (tertiary alicyclic amines) is 2. The van der Waals surface area contributed by atoms with Gasteiger partial charge in [-0.2, -0.15) is 0 Å². The van der Waals surface area contributed by atoms with Gasteiger partial charge in [-0.25, -0.2) is 4.98 Å². The van der Waals surface area contributed by atoms with Crippen LogP contribution in [-0.2, 0) is 21.0 Å². The molecule has 2 aromatic heterocycles. The minimum Gasteiger partial charge on any atom is -0.395 e. The number of aliphatic hydroxyl groups is 1. The predicted octanol–water partition coefficient (Wildman–Crippen LogP) is 1.04. The molecule has 11 nitrogen and oxygen atoms in total. The lowest BCUT2D eigenvalue weighted by Crippen LogP contribution is -2.46. The number of aromatic nitrogens is 2. The minimum atomic E-state index is -0.348. The molecule has 4 N–H and O–H groups in total. The molecular weight excluding hydrogens is 486 g/mol. The number of nitrogens with two attached hydrogens (primary N) is 1. The van der Waals surface area contributed by atoms with E-state index in [-0.39, 0.29) is 43.4 Å². The second kappa shape index (κ2) is 13.8. The largest absolute Gasteiger partial charge is 0.395 e. The first-order chi connectivity index (χ1) is 18.5. The summed E-state index contributed by atoms with van der Waals surface area (Å²) in [5, 5.41) is 15.7. The van der Waals surface area contributed by atoms with Gasteiger partial charge in [0, 0.05) is 50.4 Å². The van der Waals surface area contributed by atoms with Crippen molar-refractivity contribution in [3.05, 3.63) is 54.0 Å². The molecule has 0 bridgehead atoms. The molecule has 38 heavy (non-hydrogen) atoms. The molecule has 2 aliphatic heterocycles. The fourth-order valence-corrected chi connectivity index (χ4v) is 5.07. The van der Waals surface area contributed by atoms with Crippen LogP contribution in [0.3, 0.4) is 0 Å². The summed E-state index contributed by atoms with van der Waals surface area (Å²) in [6, 6.07) is 9.49. The number of oxime groups is 1. The van der Waals surface area contributed by atoms with Crippen molar-refractivity contribution in [1.29, 1.82) is 0 Å². The molecule has 4 heterocycles. The average molecular weight is 524 g/mol. The van der Waals surface area contributed by atoms with E-state index in [0.29, 0.717) is 30.3 Å². The zero-order valence-electron chi connectivity index (χ0n) is 21.7. The van der Waals surface area contributed by atoms with E-state index < -0.39 is 0 Å². The number of carbonyl (C=O) groups is 2. The Balaban J connectivity index is 1.28. The van der Waals surface area contributed by atoms with Gasteiger partial charge in [0.1, 0.15) is 11.5 Å². The first-order valence-corrected chi connectivity index (χ1v) is 13.2. The zero-order chi connectivity index (χ0) is 26.7. The summed E-state index contributed by atoms with van der Waals surface area (Å²) in [4.78, 5) is 43.3. The zero-order valence-corrected chi connectivity index (χ0v) is 21.7. The van der Waals surface area contributed by atoms with Crippen LogP contribution in [0.25, 0.3) is 0 Å². The lowest BCUT2D eigenvalue weighted by Gasteiger charge is -2.37. The predicted molar refractivity (Wildman–Crippen MR) is 143 cm³/mol. The van der Waals surface area contributed by atoms with Crippen LogP contribution < -0.4 is 11.1 Å². The normalized spacial score (nSPS) is 17.8. The molecule has 2 amide bonds. The number of pyridine rings is 2. The molecule has 0 radical (unpaired) electrons. The van der Waals surface area contributed by atoms with Gasteiger partial charge in [-0.1, -0.05) is 11.2 Å². The summed E-state index contributed by atoms with van der Waals surface area (Å²) in [6.45, 7) is 3.70. The maximum Gasteiger partial charge on any atom is 0.260 e. The molecule has 0 atom stereocenters. The van der Waals surface area contributed by atoms with Crippen molar-refractivity contribution in [2.45, 2.75) is 32.2 Å². The Morgan fingerprint density at radius 3 is 2.50 bits per heavy atom. The highest BCUT2D eigenvalue weighted by atomic mass is 16.6. The lowest BCUT2D eigenvalue weighted by molar-refractivity contribution is -0.138. The number of carbonyl (C=O) groups excluding carboxylic acids is 2. The van der Waals surface area contributed by atoms with Gasteiger partial charge in [-0.05, 0) is 68.6 Å². The summed E-state index contributed by atoms with van der Waals surface area (Å²) in [5.74, 6) is 0.547. The first-order valence-electron chi connectivity index (χ1n) is 13.2. The van der Waals surface area contributed by atoms with Crippen molar-refractivity contribution in [2.24, 2.45) is 17.0 Å². The fourth-order valence-electron chi connectivity index (χ4n) is 5.07. The summed E-state index contributed by atoms with van der Waals surface area (Å²) in [5.41, 5.74) is 8.34. The Labute approximate surface area is 223 Å². The topological polar surface area (TPSA) is 146 Å². The molecule has 0 aliphatic carbocycles. The van der Waals surface area contributed by atoms with Gasteiger partial charge in [0.25, 0.3) is 5.91 Å². The van der Waals surface area contributed by atoms with Gasteiger partial charge in [0.15, 0.2) is 6.61 Å². The highest BCUT2D eigenvalue weighted by molar-refractivity contribution is 6.00. The fraction of sp³-hybridized carbons (Fsp3) is 0.519. The van der Waals surface area contributed by atoms with E-state index in [1.54, 1.807) is 12.4 Å². The number of rotatable bonds is 10. The molecule has 2 aliphatic rings. The van der Waals surface area contributed by atoms with Crippen LogP contribution in [0.15, 0.2) is 47.9 Å². The summed E-state index contributed by atoms with van der Waals surface area (Å²) in [6.07, 6.45) is 6.65. The van der Waals surface area contributed by atoms with Crippen molar-refractivity contribution in [1.82, 2.24) is 25.1 Å². The van der Waals surface area contributed by atoms with Crippen molar-refractivity contribution in [3.63, 3.8) is 0 Å². The highest BCUT2D eigenvalue weighted by Crippen LogP contribution is 2.26. The summed E-state index contributed by atoms with van der Waals surface area (Å²) in [7, 11) is 0. The number of hydrogen-bond acceptors (Lipinski definition) is 9. The molecule has 4 rings (SSSR count). The van der Waals surface area contributed by atoms with Gasteiger partial charge >= 0.3 is 0 Å². The van der Waals surface area contributed by atoms with E-state index in [9.17, 15) is 9.59 Å². The van der Waals surface area contributed by atoms with E-state index in [0.717, 1.165) is 50.9 Å². The summed E-state index contributed by atoms with van der Waals surface area (Å²) >= 11 is 0. The maximum absolute atomic E-state index is 13.3. The smallest absolute Gasteiger partial charge is 0.260 e. The molecule has 0 spiro atoms. The Morgan fingerprint density at radius 1 is 1.05 bits per heavy atom. The Morgan fingerprint density at radius 2 is 1.82 bits per heavy atom. The second-order valence-electron chi connectivity index (χ2n) is 9.78. The van der Waals surface area contributed by atoms with Crippen molar-refractivity contribution < 1.29 is 19.5 Å². The van der Waals surface area contributed by atoms with E-state index in [4.69, 9.17) is 15.7 Å². The number of aliphatic hydroxyl groups excluding tert-OH is 1. The van der Waals surface area contributed by atoms with Crippen molar-refractivity contribution in [2.75, 3.05) is 51.7 Å². The Kier molecular flexibility index (Phi) is 9.99. The molecule has 2 fully saturated rings. The van der Waals surface area contributed by atoms with Crippen molar-refractivity contribution >= 4 is 23.3 Å². The summed E-state index contributed by atoms with van der Waals surface area (Å²) < 4.78 is 0. The lowest BCUT2D eigenvalue weighted by atomic mass is 9.88. The number of nitrogens with one attached hydrogen (secondary N) is 1. The third-order valence-corrected chi connectivity index (χ3v) is 7.10. The van der Waals surface area contributed by atoms with E-state index in [1.807, 2.05) is 35.2 Å². The number of hydrogen-bond donors (Lipinski definition) is 3. The van der Waals surface area contributed by atoms with Gasteiger partial charge in [-0.15, -0.1) is 0 Å². The number of nitrogens with zero attached hydrogens (tertiary/aromatic N) is 5. The van der Waals surface area contributed by atoms with Gasteiger partial charge < -0.3 is 25.9 Å². The third kappa shape index (κ3) is 7.72. The van der Waals surface area contributed by atoms with Crippen LogP contribution in [-0.4, -0.2) is 88.3 Å². The van der Waals surface area contributed by atoms with E-state index >= 15 is 0 Å². The molecule has 11 heteroatoms. The molecule has 0 unspecified atom stereocenters. The second-order valence-corrected chi connectivity index (χ2v) is 9.78. The van der Waals surface area contributed by atoms with Gasteiger partial charge in [0.05, 0.1) is 12.3 Å². The molecule has 204 valence electrons.